The molecule has 5 rings (SSSR count). The Morgan fingerprint density at radius 1 is 1.18 bits per heavy atom. The monoisotopic (exact) mass is 486 g/mol. The summed E-state index contributed by atoms with van der Waals surface area (Å²) in [7, 11) is 1.64. The van der Waals surface area contributed by atoms with E-state index < -0.39 is 23.7 Å². The van der Waals surface area contributed by atoms with Gasteiger partial charge in [-0.2, -0.15) is 23.1 Å². The molecule has 34 heavy (non-hydrogen) atoms. The molecular formula is C22H17F3N6O2S. The number of halogens is 3. The van der Waals surface area contributed by atoms with Gasteiger partial charge in [0.15, 0.2) is 5.65 Å². The molecule has 0 aliphatic carbocycles. The molecule has 4 heterocycles. The van der Waals surface area contributed by atoms with Gasteiger partial charge in [0.1, 0.15) is 5.52 Å². The molecule has 1 atom stereocenters. The molecule has 1 aromatic carbocycles. The second-order valence-electron chi connectivity index (χ2n) is 7.53. The average Bonchev–Trinajstić information content (AvgIpc) is 3.48. The molecule has 0 saturated carbocycles. The third-order valence-corrected chi connectivity index (χ3v) is 6.42. The molecule has 0 aliphatic rings. The van der Waals surface area contributed by atoms with E-state index in [0.717, 1.165) is 12.1 Å². The van der Waals surface area contributed by atoms with E-state index in [4.69, 9.17) is 0 Å². The molecule has 12 heteroatoms. The Hall–Kier alpha value is -3.77. The van der Waals surface area contributed by atoms with Gasteiger partial charge >= 0.3 is 6.18 Å². The molecule has 0 saturated heterocycles. The predicted molar refractivity (Wildman–Crippen MR) is 120 cm³/mol. The summed E-state index contributed by atoms with van der Waals surface area (Å²) in [4.78, 5) is 18.9. The number of aliphatic hydroxyl groups is 1. The Balaban J connectivity index is 1.56. The minimum atomic E-state index is -4.45. The normalized spacial score (nSPS) is 13.0. The van der Waals surface area contributed by atoms with Gasteiger partial charge in [-0.05, 0) is 42.5 Å². The molecule has 174 valence electrons. The smallest absolute Gasteiger partial charge is 0.394 e. The second kappa shape index (κ2) is 8.22. The summed E-state index contributed by atoms with van der Waals surface area (Å²) < 4.78 is 41.4. The van der Waals surface area contributed by atoms with Crippen LogP contribution >= 0.6 is 11.3 Å². The minimum Gasteiger partial charge on any atom is -0.394 e. The number of aromatic nitrogens is 5. The number of aliphatic hydroxyl groups excluding tert-OH is 1. The van der Waals surface area contributed by atoms with Gasteiger partial charge < -0.3 is 10.4 Å². The van der Waals surface area contributed by atoms with E-state index >= 15 is 0 Å². The summed E-state index contributed by atoms with van der Waals surface area (Å²) in [6.07, 6.45) is -2.88. The molecule has 4 aromatic heterocycles. The van der Waals surface area contributed by atoms with Crippen LogP contribution in [0, 0.1) is 0 Å². The first-order chi connectivity index (χ1) is 16.3. The zero-order chi connectivity index (χ0) is 24.0. The Morgan fingerprint density at radius 3 is 2.59 bits per heavy atom. The minimum absolute atomic E-state index is 0.334. The number of nitrogens with zero attached hydrogens (tertiary/aromatic N) is 5. The molecule has 2 N–H and O–H groups in total. The number of benzene rings is 1. The largest absolute Gasteiger partial charge is 0.416 e. The quantitative estimate of drug-likeness (QED) is 0.393. The van der Waals surface area contributed by atoms with Crippen molar-refractivity contribution < 1.29 is 23.1 Å². The van der Waals surface area contributed by atoms with Crippen LogP contribution in [0.3, 0.4) is 0 Å². The predicted octanol–water partition coefficient (Wildman–Crippen LogP) is 3.85. The first-order valence-electron chi connectivity index (χ1n) is 10.1. The fourth-order valence-electron chi connectivity index (χ4n) is 3.72. The summed E-state index contributed by atoms with van der Waals surface area (Å²) in [6, 6.07) is 10.9. The van der Waals surface area contributed by atoms with Gasteiger partial charge in [-0.1, -0.05) is 6.07 Å². The van der Waals surface area contributed by atoms with Crippen LogP contribution in [-0.4, -0.2) is 42.2 Å². The Bertz CT molecular complexity index is 1490. The number of hydrogen-bond donors (Lipinski definition) is 2. The summed E-state index contributed by atoms with van der Waals surface area (Å²) in [5, 5.41) is 21.2. The number of rotatable bonds is 5. The Kier molecular flexibility index (Phi) is 5.33. The van der Waals surface area contributed by atoms with Crippen molar-refractivity contribution >= 4 is 38.6 Å². The molecule has 0 radical (unpaired) electrons. The lowest BCUT2D eigenvalue weighted by Gasteiger charge is -2.14. The number of pyridine rings is 1. The number of fused-ring (bicyclic) bond motifs is 3. The molecule has 0 spiro atoms. The van der Waals surface area contributed by atoms with Gasteiger partial charge in [0.05, 0.1) is 39.0 Å². The lowest BCUT2D eigenvalue weighted by molar-refractivity contribution is -0.137. The van der Waals surface area contributed by atoms with E-state index in [0.29, 0.717) is 37.6 Å². The molecule has 0 aliphatic heterocycles. The zero-order valence-electron chi connectivity index (χ0n) is 17.6. The zero-order valence-corrected chi connectivity index (χ0v) is 18.4. The van der Waals surface area contributed by atoms with Crippen LogP contribution in [0.25, 0.3) is 27.1 Å². The van der Waals surface area contributed by atoms with Crippen LogP contribution in [0.4, 0.5) is 13.2 Å². The van der Waals surface area contributed by atoms with Crippen molar-refractivity contribution in [1.82, 2.24) is 29.9 Å². The summed E-state index contributed by atoms with van der Waals surface area (Å²) >= 11 is 1.19. The summed E-state index contributed by atoms with van der Waals surface area (Å²) in [5.41, 5.74) is 1.82. The van der Waals surface area contributed by atoms with Gasteiger partial charge in [-0.15, -0.1) is 16.4 Å². The van der Waals surface area contributed by atoms with Crippen molar-refractivity contribution in [3.63, 3.8) is 0 Å². The van der Waals surface area contributed by atoms with E-state index in [1.165, 1.54) is 28.3 Å². The highest BCUT2D eigenvalue weighted by Crippen LogP contribution is 2.37. The van der Waals surface area contributed by atoms with Crippen LogP contribution in [0.1, 0.15) is 27.0 Å². The molecule has 1 unspecified atom stereocenters. The van der Waals surface area contributed by atoms with Crippen LogP contribution in [0.5, 0.6) is 0 Å². The Morgan fingerprint density at radius 2 is 1.94 bits per heavy atom. The number of thiophene rings is 1. The van der Waals surface area contributed by atoms with Crippen molar-refractivity contribution in [2.75, 3.05) is 6.61 Å². The lowest BCUT2D eigenvalue weighted by Crippen LogP contribution is -2.30. The van der Waals surface area contributed by atoms with Crippen LogP contribution in [-0.2, 0) is 13.2 Å². The molecular weight excluding hydrogens is 469 g/mol. The fourth-order valence-corrected chi connectivity index (χ4v) is 4.75. The van der Waals surface area contributed by atoms with E-state index in [1.54, 1.807) is 42.1 Å². The standard InChI is InChI=1S/C22H17F3N6O2S/c1-30-28-18-19-16(31(20(18)29-30)13-7-5-12(6-8-13)22(23,24)25)10-17(34-19)21(33)27-15(11-32)14-4-2-3-9-26-14/h2-10,15,32H,11H2,1H3,(H,27,33). The molecule has 1 amide bonds. The number of alkyl halides is 3. The van der Waals surface area contributed by atoms with E-state index in [2.05, 4.69) is 20.5 Å². The fraction of sp³-hybridized carbons (Fsp3) is 0.182. The second-order valence-corrected chi connectivity index (χ2v) is 8.58. The first-order valence-corrected chi connectivity index (χ1v) is 10.9. The van der Waals surface area contributed by atoms with Crippen molar-refractivity contribution in [3.05, 3.63) is 70.9 Å². The third-order valence-electron chi connectivity index (χ3n) is 5.29. The number of aryl methyl sites for hydroxylation is 1. The SMILES string of the molecule is Cn1nc2c3sc(C(=O)NC(CO)c4ccccn4)cc3n(-c3ccc(C(F)(F)F)cc3)c2n1. The van der Waals surface area contributed by atoms with E-state index in [1.807, 2.05) is 0 Å². The number of hydrogen-bond acceptors (Lipinski definition) is 6. The van der Waals surface area contributed by atoms with Crippen LogP contribution in [0.2, 0.25) is 0 Å². The summed E-state index contributed by atoms with van der Waals surface area (Å²) in [6.45, 7) is -0.334. The number of amides is 1. The van der Waals surface area contributed by atoms with Crippen LogP contribution < -0.4 is 5.32 Å². The summed E-state index contributed by atoms with van der Waals surface area (Å²) in [5.74, 6) is -0.415. The van der Waals surface area contributed by atoms with Crippen molar-refractivity contribution in [3.8, 4) is 5.69 Å². The first kappa shape index (κ1) is 22.0. The van der Waals surface area contributed by atoms with Crippen molar-refractivity contribution in [1.29, 1.82) is 0 Å². The number of carbonyl (C=O) groups is 1. The lowest BCUT2D eigenvalue weighted by atomic mass is 10.2. The highest BCUT2D eigenvalue weighted by atomic mass is 32.1. The Labute approximate surface area is 194 Å². The average molecular weight is 486 g/mol. The highest BCUT2D eigenvalue weighted by molar-refractivity contribution is 7.21. The van der Waals surface area contributed by atoms with Crippen molar-refractivity contribution in [2.24, 2.45) is 7.05 Å². The maximum Gasteiger partial charge on any atom is 0.416 e. The van der Waals surface area contributed by atoms with Gasteiger partial charge in [-0.25, -0.2) is 0 Å². The number of nitrogens with one attached hydrogen (secondary N) is 1. The maximum atomic E-state index is 13.0. The number of carbonyl (C=O) groups excluding carboxylic acids is 1. The molecule has 8 nitrogen and oxygen atoms in total. The maximum absolute atomic E-state index is 13.0. The van der Waals surface area contributed by atoms with Crippen molar-refractivity contribution in [2.45, 2.75) is 12.2 Å². The van der Waals surface area contributed by atoms with Crippen LogP contribution in [0.15, 0.2) is 54.7 Å². The van der Waals surface area contributed by atoms with E-state index in [9.17, 15) is 23.1 Å². The topological polar surface area (TPSA) is 97.9 Å². The third kappa shape index (κ3) is 3.80. The van der Waals surface area contributed by atoms with E-state index in [-0.39, 0.29) is 6.61 Å². The highest BCUT2D eigenvalue weighted by Gasteiger charge is 2.30. The molecule has 5 aromatic rings. The van der Waals surface area contributed by atoms with Gasteiger partial charge in [-0.3, -0.25) is 14.3 Å². The van der Waals surface area contributed by atoms with Gasteiger partial charge in [0.25, 0.3) is 5.91 Å². The van der Waals surface area contributed by atoms with Gasteiger partial charge in [0, 0.05) is 18.9 Å². The van der Waals surface area contributed by atoms with Gasteiger partial charge in [0.2, 0.25) is 0 Å². The molecule has 0 bridgehead atoms. The molecule has 0 fully saturated rings.